The van der Waals surface area contributed by atoms with Crippen LogP contribution in [-0.4, -0.2) is 4.98 Å². The summed E-state index contributed by atoms with van der Waals surface area (Å²) in [6.45, 7) is 1.57. The van der Waals surface area contributed by atoms with Crippen molar-refractivity contribution in [2.24, 2.45) is 0 Å². The van der Waals surface area contributed by atoms with E-state index in [2.05, 4.69) is 20.9 Å². The van der Waals surface area contributed by atoms with Crippen molar-refractivity contribution in [1.82, 2.24) is 4.98 Å². The first kappa shape index (κ1) is 9.86. The Hall–Kier alpha value is -0.220. The maximum atomic E-state index is 12.3. The molecule has 0 aliphatic carbocycles. The second kappa shape index (κ2) is 3.66. The van der Waals surface area contributed by atoms with Crippen LogP contribution in [-0.2, 0) is 0 Å². The second-order valence-electron chi connectivity index (χ2n) is 2.24. The van der Waals surface area contributed by atoms with Crippen LogP contribution in [0.15, 0.2) is 10.7 Å². The number of nitrogens with zero attached hydrogens (tertiary/aromatic N) is 1. The lowest BCUT2D eigenvalue weighted by Crippen LogP contribution is -1.94. The normalized spacial score (nSPS) is 10.8. The molecule has 1 heterocycles. The molecular formula is C7H5BrClF2N. The van der Waals surface area contributed by atoms with Crippen molar-refractivity contribution in [3.63, 3.8) is 0 Å². The fourth-order valence-electron chi connectivity index (χ4n) is 0.817. The van der Waals surface area contributed by atoms with Crippen molar-refractivity contribution in [2.75, 3.05) is 0 Å². The first-order valence-corrected chi connectivity index (χ1v) is 4.29. The quantitative estimate of drug-likeness (QED) is 0.698. The monoisotopic (exact) mass is 255 g/mol. The van der Waals surface area contributed by atoms with Gasteiger partial charge in [0, 0.05) is 10.7 Å². The highest BCUT2D eigenvalue weighted by molar-refractivity contribution is 9.10. The summed E-state index contributed by atoms with van der Waals surface area (Å²) in [5.41, 5.74) is 0.232. The molecule has 1 aromatic heterocycles. The van der Waals surface area contributed by atoms with Crippen molar-refractivity contribution in [1.29, 1.82) is 0 Å². The minimum Gasteiger partial charge on any atom is -0.243 e. The smallest absolute Gasteiger partial charge is 0.243 e. The molecule has 66 valence electrons. The molecule has 0 spiro atoms. The maximum Gasteiger partial charge on any atom is 0.267 e. The molecule has 1 aromatic rings. The summed E-state index contributed by atoms with van der Waals surface area (Å²) in [7, 11) is 0. The summed E-state index contributed by atoms with van der Waals surface area (Å²) in [5, 5.41) is -0.134. The van der Waals surface area contributed by atoms with E-state index in [-0.39, 0.29) is 10.7 Å². The Balaban J connectivity index is 3.33. The van der Waals surface area contributed by atoms with Gasteiger partial charge in [-0.05, 0) is 28.4 Å². The van der Waals surface area contributed by atoms with Crippen LogP contribution in [0.3, 0.4) is 0 Å². The van der Waals surface area contributed by atoms with Crippen LogP contribution in [0.1, 0.15) is 17.6 Å². The Labute approximate surface area is 81.9 Å². The van der Waals surface area contributed by atoms with Gasteiger partial charge < -0.3 is 0 Å². The topological polar surface area (TPSA) is 12.9 Å². The van der Waals surface area contributed by atoms with E-state index >= 15 is 0 Å². The number of alkyl halides is 2. The lowest BCUT2D eigenvalue weighted by atomic mass is 10.2. The minimum atomic E-state index is -2.58. The lowest BCUT2D eigenvalue weighted by Gasteiger charge is -2.07. The van der Waals surface area contributed by atoms with E-state index in [1.807, 2.05) is 0 Å². The van der Waals surface area contributed by atoms with E-state index < -0.39 is 6.43 Å². The Kier molecular flexibility index (Phi) is 3.01. The molecule has 5 heteroatoms. The summed E-state index contributed by atoms with van der Waals surface area (Å²) in [4.78, 5) is 3.60. The van der Waals surface area contributed by atoms with Gasteiger partial charge in [-0.2, -0.15) is 0 Å². The molecule has 0 fully saturated rings. The number of hydrogen-bond acceptors (Lipinski definition) is 1. The molecule has 0 radical (unpaired) electrons. The van der Waals surface area contributed by atoms with Crippen LogP contribution in [0.5, 0.6) is 0 Å². The highest BCUT2D eigenvalue weighted by Crippen LogP contribution is 2.31. The predicted octanol–water partition coefficient (Wildman–Crippen LogP) is 3.74. The average Bonchev–Trinajstić information content (AvgIpc) is 1.97. The molecule has 0 unspecified atom stereocenters. The first-order valence-electron chi connectivity index (χ1n) is 3.12. The molecule has 0 atom stereocenters. The average molecular weight is 256 g/mol. The van der Waals surface area contributed by atoms with Gasteiger partial charge in [-0.3, -0.25) is 0 Å². The summed E-state index contributed by atoms with van der Waals surface area (Å²) in [6.07, 6.45) is -1.17. The van der Waals surface area contributed by atoms with Crippen LogP contribution in [0, 0.1) is 6.92 Å². The third-order valence-electron chi connectivity index (χ3n) is 1.49. The molecule has 0 bridgehead atoms. The fourth-order valence-corrected chi connectivity index (χ4v) is 1.41. The molecule has 1 nitrogen and oxygen atoms in total. The van der Waals surface area contributed by atoms with Gasteiger partial charge in [0.2, 0.25) is 0 Å². The number of rotatable bonds is 1. The second-order valence-corrected chi connectivity index (χ2v) is 3.45. The van der Waals surface area contributed by atoms with Gasteiger partial charge in [0.25, 0.3) is 6.43 Å². The number of halogens is 4. The molecule has 0 saturated heterocycles. The third kappa shape index (κ3) is 1.75. The van der Waals surface area contributed by atoms with Gasteiger partial charge in [-0.25, -0.2) is 13.8 Å². The van der Waals surface area contributed by atoms with Gasteiger partial charge >= 0.3 is 0 Å². The highest BCUT2D eigenvalue weighted by atomic mass is 79.9. The summed E-state index contributed by atoms with van der Waals surface area (Å²) < 4.78 is 25.2. The number of pyridine rings is 1. The van der Waals surface area contributed by atoms with Crippen molar-refractivity contribution in [3.8, 4) is 0 Å². The molecule has 1 rings (SSSR count). The van der Waals surface area contributed by atoms with Gasteiger partial charge in [-0.1, -0.05) is 11.6 Å². The van der Waals surface area contributed by atoms with Crippen LogP contribution in [0.25, 0.3) is 0 Å². The first-order chi connectivity index (χ1) is 5.54. The van der Waals surface area contributed by atoms with Crippen molar-refractivity contribution in [2.45, 2.75) is 13.3 Å². The SMILES string of the molecule is Cc1c(Br)cnc(Cl)c1C(F)F. The number of aromatic nitrogens is 1. The summed E-state index contributed by atoms with van der Waals surface area (Å²) >= 11 is 8.58. The lowest BCUT2D eigenvalue weighted by molar-refractivity contribution is 0.150. The molecule has 0 amide bonds. The zero-order valence-corrected chi connectivity index (χ0v) is 8.46. The fraction of sp³-hybridized carbons (Fsp3) is 0.286. The summed E-state index contributed by atoms with van der Waals surface area (Å²) in [5.74, 6) is 0. The molecular weight excluding hydrogens is 251 g/mol. The molecule has 0 aliphatic rings. The van der Waals surface area contributed by atoms with E-state index in [1.54, 1.807) is 6.92 Å². The molecule has 0 aliphatic heterocycles. The van der Waals surface area contributed by atoms with Crippen LogP contribution in [0.4, 0.5) is 8.78 Å². The van der Waals surface area contributed by atoms with E-state index in [1.165, 1.54) is 6.20 Å². The molecule has 12 heavy (non-hydrogen) atoms. The third-order valence-corrected chi connectivity index (χ3v) is 2.59. The van der Waals surface area contributed by atoms with Crippen LogP contribution >= 0.6 is 27.5 Å². The van der Waals surface area contributed by atoms with E-state index in [4.69, 9.17) is 11.6 Å². The molecule has 0 aromatic carbocycles. The van der Waals surface area contributed by atoms with Crippen molar-refractivity contribution in [3.05, 3.63) is 26.9 Å². The van der Waals surface area contributed by atoms with Crippen molar-refractivity contribution < 1.29 is 8.78 Å². The van der Waals surface area contributed by atoms with Crippen molar-refractivity contribution >= 4 is 27.5 Å². The largest absolute Gasteiger partial charge is 0.267 e. The van der Waals surface area contributed by atoms with Crippen LogP contribution in [0.2, 0.25) is 5.15 Å². The zero-order chi connectivity index (χ0) is 9.30. The highest BCUT2D eigenvalue weighted by Gasteiger charge is 2.17. The van der Waals surface area contributed by atoms with E-state index in [0.717, 1.165) is 0 Å². The minimum absolute atomic E-state index is 0.134. The Morgan fingerprint density at radius 1 is 1.58 bits per heavy atom. The van der Waals surface area contributed by atoms with Gasteiger partial charge in [0.05, 0.1) is 5.56 Å². The predicted molar refractivity (Wildman–Crippen MR) is 46.6 cm³/mol. The Morgan fingerprint density at radius 3 is 2.58 bits per heavy atom. The van der Waals surface area contributed by atoms with Gasteiger partial charge in [0.1, 0.15) is 5.15 Å². The molecule has 0 saturated carbocycles. The molecule has 0 N–H and O–H groups in total. The Morgan fingerprint density at radius 2 is 2.17 bits per heavy atom. The maximum absolute atomic E-state index is 12.3. The van der Waals surface area contributed by atoms with Crippen LogP contribution < -0.4 is 0 Å². The standard InChI is InChI=1S/C7H5BrClF2N/c1-3-4(8)2-12-6(9)5(3)7(10)11/h2,7H,1H3. The van der Waals surface area contributed by atoms with Gasteiger partial charge in [0.15, 0.2) is 0 Å². The van der Waals surface area contributed by atoms with E-state index in [0.29, 0.717) is 10.0 Å². The Bertz CT molecular complexity index is 304. The number of hydrogen-bond donors (Lipinski definition) is 0. The van der Waals surface area contributed by atoms with Gasteiger partial charge in [-0.15, -0.1) is 0 Å². The zero-order valence-electron chi connectivity index (χ0n) is 6.11. The summed E-state index contributed by atoms with van der Waals surface area (Å²) in [6, 6.07) is 0. The van der Waals surface area contributed by atoms with E-state index in [9.17, 15) is 8.78 Å².